The van der Waals surface area contributed by atoms with E-state index in [0.717, 1.165) is 0 Å². The van der Waals surface area contributed by atoms with Crippen LogP contribution in [0.15, 0.2) is 18.2 Å². The molecule has 3 N–H and O–H groups in total. The van der Waals surface area contributed by atoms with Crippen molar-refractivity contribution in [2.75, 3.05) is 12.3 Å². The number of benzene rings is 1. The van der Waals surface area contributed by atoms with Crippen molar-refractivity contribution >= 4 is 23.2 Å². The molecule has 0 atom stereocenters. The Balaban J connectivity index is 2.74. The van der Waals surface area contributed by atoms with Crippen molar-refractivity contribution in [3.05, 3.63) is 28.8 Å². The zero-order valence-electron chi connectivity index (χ0n) is 9.80. The molecular weight excluding hydrogens is 224 g/mol. The first-order valence-corrected chi connectivity index (χ1v) is 5.50. The van der Waals surface area contributed by atoms with Crippen LogP contribution in [0.1, 0.15) is 31.1 Å². The van der Waals surface area contributed by atoms with Crippen molar-refractivity contribution in [2.45, 2.75) is 20.8 Å². The first-order valence-electron chi connectivity index (χ1n) is 5.13. The summed E-state index contributed by atoms with van der Waals surface area (Å²) in [6.07, 6.45) is 0. The lowest BCUT2D eigenvalue weighted by Crippen LogP contribution is -2.32. The Kier molecular flexibility index (Phi) is 3.81. The molecule has 0 aliphatic rings. The lowest BCUT2D eigenvalue weighted by molar-refractivity contribution is 0.0939. The Hall–Kier alpha value is -1.22. The molecule has 0 unspecified atom stereocenters. The van der Waals surface area contributed by atoms with Gasteiger partial charge in [-0.3, -0.25) is 4.79 Å². The van der Waals surface area contributed by atoms with Crippen LogP contribution >= 0.6 is 11.6 Å². The number of nitrogens with one attached hydrogen (secondary N) is 1. The van der Waals surface area contributed by atoms with Crippen molar-refractivity contribution < 1.29 is 4.79 Å². The van der Waals surface area contributed by atoms with E-state index in [4.69, 9.17) is 17.3 Å². The van der Waals surface area contributed by atoms with Crippen LogP contribution in [0.5, 0.6) is 0 Å². The molecule has 88 valence electrons. The highest BCUT2D eigenvalue weighted by molar-refractivity contribution is 6.34. The Morgan fingerprint density at radius 1 is 1.44 bits per heavy atom. The zero-order chi connectivity index (χ0) is 12.3. The van der Waals surface area contributed by atoms with Gasteiger partial charge in [0.25, 0.3) is 5.91 Å². The van der Waals surface area contributed by atoms with Gasteiger partial charge in [0.15, 0.2) is 0 Å². The lowest BCUT2D eigenvalue weighted by Gasteiger charge is -2.18. The topological polar surface area (TPSA) is 55.1 Å². The quantitative estimate of drug-likeness (QED) is 0.781. The molecule has 0 spiro atoms. The minimum atomic E-state index is -0.167. The number of amides is 1. The fourth-order valence-corrected chi connectivity index (χ4v) is 1.43. The van der Waals surface area contributed by atoms with E-state index >= 15 is 0 Å². The van der Waals surface area contributed by atoms with Gasteiger partial charge in [-0.15, -0.1) is 0 Å². The van der Waals surface area contributed by atoms with Crippen molar-refractivity contribution in [2.24, 2.45) is 5.41 Å². The fraction of sp³-hybridized carbons (Fsp3) is 0.417. The smallest absolute Gasteiger partial charge is 0.252 e. The Bertz CT molecular complexity index is 396. The highest BCUT2D eigenvalue weighted by Crippen LogP contribution is 2.19. The van der Waals surface area contributed by atoms with Gasteiger partial charge < -0.3 is 11.1 Å². The van der Waals surface area contributed by atoms with Crippen LogP contribution in [0.3, 0.4) is 0 Å². The summed E-state index contributed by atoms with van der Waals surface area (Å²) in [7, 11) is 0. The van der Waals surface area contributed by atoms with Crippen molar-refractivity contribution in [3.8, 4) is 0 Å². The third kappa shape index (κ3) is 3.74. The van der Waals surface area contributed by atoms with Crippen LogP contribution < -0.4 is 11.1 Å². The molecule has 0 heterocycles. The number of hydrogen-bond acceptors (Lipinski definition) is 2. The third-order valence-corrected chi connectivity index (χ3v) is 2.33. The summed E-state index contributed by atoms with van der Waals surface area (Å²) in [5.74, 6) is -0.167. The molecule has 0 bridgehead atoms. The second-order valence-electron chi connectivity index (χ2n) is 4.98. The molecule has 1 amide bonds. The molecule has 3 nitrogen and oxygen atoms in total. The van der Waals surface area contributed by atoms with Crippen molar-refractivity contribution in [1.29, 1.82) is 0 Å². The maximum atomic E-state index is 11.8. The normalized spacial score (nSPS) is 11.2. The van der Waals surface area contributed by atoms with E-state index in [1.807, 2.05) is 0 Å². The number of nitrogens with two attached hydrogens (primary N) is 1. The van der Waals surface area contributed by atoms with Crippen molar-refractivity contribution in [3.63, 3.8) is 0 Å². The molecular formula is C12H17ClN2O. The molecule has 0 saturated carbocycles. The van der Waals surface area contributed by atoms with E-state index in [0.29, 0.717) is 22.8 Å². The molecule has 0 radical (unpaired) electrons. The molecule has 1 aromatic rings. The maximum Gasteiger partial charge on any atom is 0.252 e. The van der Waals surface area contributed by atoms with Gasteiger partial charge in [0.1, 0.15) is 0 Å². The second-order valence-corrected chi connectivity index (χ2v) is 5.39. The number of carbonyl (C=O) groups excluding carboxylic acids is 1. The number of hydrogen-bond donors (Lipinski definition) is 2. The summed E-state index contributed by atoms with van der Waals surface area (Å²) in [6, 6.07) is 4.88. The zero-order valence-corrected chi connectivity index (χ0v) is 10.6. The minimum Gasteiger partial charge on any atom is -0.399 e. The highest BCUT2D eigenvalue weighted by atomic mass is 35.5. The molecule has 1 aromatic carbocycles. The molecule has 0 saturated heterocycles. The number of halogens is 1. The van der Waals surface area contributed by atoms with E-state index in [-0.39, 0.29) is 11.3 Å². The van der Waals surface area contributed by atoms with Crippen LogP contribution in [0, 0.1) is 5.41 Å². The predicted octanol–water partition coefficient (Wildman–Crippen LogP) is 2.70. The van der Waals surface area contributed by atoms with Crippen LogP contribution in [0.4, 0.5) is 5.69 Å². The minimum absolute atomic E-state index is 0.0515. The van der Waals surface area contributed by atoms with Gasteiger partial charge in [-0.05, 0) is 23.6 Å². The summed E-state index contributed by atoms with van der Waals surface area (Å²) in [5.41, 5.74) is 6.62. The van der Waals surface area contributed by atoms with E-state index in [2.05, 4.69) is 26.1 Å². The summed E-state index contributed by atoms with van der Waals surface area (Å²) in [6.45, 7) is 6.76. The number of anilines is 1. The molecule has 0 aromatic heterocycles. The summed E-state index contributed by atoms with van der Waals surface area (Å²) in [5, 5.41) is 3.22. The second kappa shape index (κ2) is 4.74. The van der Waals surface area contributed by atoms with Gasteiger partial charge in [0, 0.05) is 12.2 Å². The van der Waals surface area contributed by atoms with Gasteiger partial charge in [-0.1, -0.05) is 32.4 Å². The largest absolute Gasteiger partial charge is 0.399 e. The van der Waals surface area contributed by atoms with E-state index in [1.54, 1.807) is 18.2 Å². The maximum absolute atomic E-state index is 11.8. The Morgan fingerprint density at radius 2 is 2.06 bits per heavy atom. The fourth-order valence-electron chi connectivity index (χ4n) is 1.16. The summed E-state index contributed by atoms with van der Waals surface area (Å²) in [4.78, 5) is 11.8. The highest BCUT2D eigenvalue weighted by Gasteiger charge is 2.14. The van der Waals surface area contributed by atoms with E-state index in [9.17, 15) is 4.79 Å². The number of nitrogen functional groups attached to an aromatic ring is 1. The molecule has 0 aliphatic carbocycles. The average molecular weight is 241 g/mol. The van der Waals surface area contributed by atoms with Crippen LogP contribution in [-0.2, 0) is 0 Å². The molecule has 4 heteroatoms. The van der Waals surface area contributed by atoms with Gasteiger partial charge in [-0.25, -0.2) is 0 Å². The predicted molar refractivity (Wildman–Crippen MR) is 67.7 cm³/mol. The van der Waals surface area contributed by atoms with Gasteiger partial charge in [-0.2, -0.15) is 0 Å². The monoisotopic (exact) mass is 240 g/mol. The molecule has 0 aliphatic heterocycles. The lowest BCUT2D eigenvalue weighted by atomic mass is 9.97. The van der Waals surface area contributed by atoms with E-state index in [1.165, 1.54) is 0 Å². The standard InChI is InChI=1S/C12H17ClN2O/c1-12(2,3)7-15-11(16)9-5-4-8(14)6-10(9)13/h4-6H,7,14H2,1-3H3,(H,15,16). The van der Waals surface area contributed by atoms with Gasteiger partial charge in [0.05, 0.1) is 10.6 Å². The SMILES string of the molecule is CC(C)(C)CNC(=O)c1ccc(N)cc1Cl. The average Bonchev–Trinajstić information content (AvgIpc) is 2.13. The van der Waals surface area contributed by atoms with Crippen LogP contribution in [0.25, 0.3) is 0 Å². The Morgan fingerprint density at radius 3 is 2.56 bits per heavy atom. The summed E-state index contributed by atoms with van der Waals surface area (Å²) >= 11 is 5.93. The Labute approximate surface area is 101 Å². The van der Waals surface area contributed by atoms with Gasteiger partial charge in [0.2, 0.25) is 0 Å². The molecule has 0 fully saturated rings. The first-order chi connectivity index (χ1) is 7.29. The number of carbonyl (C=O) groups is 1. The van der Waals surface area contributed by atoms with Gasteiger partial charge >= 0.3 is 0 Å². The van der Waals surface area contributed by atoms with Crippen LogP contribution in [-0.4, -0.2) is 12.5 Å². The summed E-state index contributed by atoms with van der Waals surface area (Å²) < 4.78 is 0. The number of rotatable bonds is 2. The molecule has 1 rings (SSSR count). The van der Waals surface area contributed by atoms with E-state index < -0.39 is 0 Å². The van der Waals surface area contributed by atoms with Crippen LogP contribution in [0.2, 0.25) is 5.02 Å². The third-order valence-electron chi connectivity index (χ3n) is 2.02. The molecule has 16 heavy (non-hydrogen) atoms. The first kappa shape index (κ1) is 12.8. The van der Waals surface area contributed by atoms with Crippen molar-refractivity contribution in [1.82, 2.24) is 5.32 Å².